The Morgan fingerprint density at radius 3 is 2.83 bits per heavy atom. The first-order valence-corrected chi connectivity index (χ1v) is 5.64. The number of rotatable bonds is 3. The molecule has 0 bridgehead atoms. The van der Waals surface area contributed by atoms with E-state index >= 15 is 0 Å². The molecule has 3 heterocycles. The van der Waals surface area contributed by atoms with E-state index in [1.54, 1.807) is 18.6 Å². The van der Waals surface area contributed by atoms with Gasteiger partial charge in [0.05, 0.1) is 0 Å². The highest BCUT2D eigenvalue weighted by Crippen LogP contribution is 2.12. The van der Waals surface area contributed by atoms with E-state index in [0.29, 0.717) is 6.54 Å². The van der Waals surface area contributed by atoms with Crippen LogP contribution in [0.1, 0.15) is 11.4 Å². The third kappa shape index (κ3) is 1.88. The van der Waals surface area contributed by atoms with Crippen molar-refractivity contribution in [3.8, 4) is 0 Å². The van der Waals surface area contributed by atoms with Crippen molar-refractivity contribution in [2.75, 3.05) is 5.32 Å². The SMILES string of the molecule is Cc1nnc2c(NCc3ccncc3)nccn12. The van der Waals surface area contributed by atoms with Crippen LogP contribution < -0.4 is 5.32 Å². The van der Waals surface area contributed by atoms with Gasteiger partial charge < -0.3 is 5.32 Å². The number of fused-ring (bicyclic) bond motifs is 1. The van der Waals surface area contributed by atoms with Crippen molar-refractivity contribution in [3.05, 3.63) is 48.3 Å². The average molecular weight is 240 g/mol. The Kier molecular flexibility index (Phi) is 2.60. The second-order valence-corrected chi connectivity index (χ2v) is 3.93. The Bertz CT molecular complexity index is 661. The number of pyridine rings is 1. The molecule has 0 radical (unpaired) electrons. The van der Waals surface area contributed by atoms with Crippen LogP contribution in [-0.4, -0.2) is 24.6 Å². The highest BCUT2D eigenvalue weighted by molar-refractivity contribution is 5.61. The number of aryl methyl sites for hydroxylation is 1. The second kappa shape index (κ2) is 4.40. The van der Waals surface area contributed by atoms with E-state index in [-0.39, 0.29) is 0 Å². The lowest BCUT2D eigenvalue weighted by Crippen LogP contribution is -2.03. The molecule has 0 saturated heterocycles. The minimum atomic E-state index is 0.682. The van der Waals surface area contributed by atoms with Crippen LogP contribution in [0.5, 0.6) is 0 Å². The van der Waals surface area contributed by atoms with Gasteiger partial charge in [-0.2, -0.15) is 0 Å². The summed E-state index contributed by atoms with van der Waals surface area (Å²) in [6.45, 7) is 2.59. The lowest BCUT2D eigenvalue weighted by Gasteiger charge is -2.06. The summed E-state index contributed by atoms with van der Waals surface area (Å²) in [6.07, 6.45) is 7.12. The van der Waals surface area contributed by atoms with Crippen molar-refractivity contribution >= 4 is 11.5 Å². The summed E-state index contributed by atoms with van der Waals surface area (Å²) in [7, 11) is 0. The third-order valence-corrected chi connectivity index (χ3v) is 2.71. The standard InChI is InChI=1S/C12H12N6/c1-9-16-17-12-11(14-6-7-18(9)12)15-8-10-2-4-13-5-3-10/h2-7H,8H2,1H3,(H,14,15). The summed E-state index contributed by atoms with van der Waals surface area (Å²) in [4.78, 5) is 8.27. The molecule has 0 amide bonds. The zero-order chi connectivity index (χ0) is 12.4. The molecule has 1 N–H and O–H groups in total. The predicted octanol–water partition coefficient (Wildman–Crippen LogP) is 1.44. The molecule has 0 fully saturated rings. The summed E-state index contributed by atoms with van der Waals surface area (Å²) in [6, 6.07) is 3.92. The molecule has 18 heavy (non-hydrogen) atoms. The fourth-order valence-electron chi connectivity index (χ4n) is 1.75. The van der Waals surface area contributed by atoms with E-state index in [1.165, 1.54) is 0 Å². The smallest absolute Gasteiger partial charge is 0.203 e. The Labute approximate surface area is 104 Å². The van der Waals surface area contributed by atoms with Gasteiger partial charge in [0.25, 0.3) is 0 Å². The van der Waals surface area contributed by atoms with Crippen molar-refractivity contribution < 1.29 is 0 Å². The maximum absolute atomic E-state index is 4.29. The van der Waals surface area contributed by atoms with Gasteiger partial charge in [-0.15, -0.1) is 10.2 Å². The van der Waals surface area contributed by atoms with Crippen molar-refractivity contribution in [1.82, 2.24) is 24.6 Å². The summed E-state index contributed by atoms with van der Waals surface area (Å²) in [5.41, 5.74) is 1.88. The molecule has 0 aliphatic rings. The van der Waals surface area contributed by atoms with E-state index in [2.05, 4.69) is 25.5 Å². The predicted molar refractivity (Wildman–Crippen MR) is 67.1 cm³/mol. The molecule has 3 rings (SSSR count). The molecule has 0 aliphatic heterocycles. The molecule has 3 aromatic heterocycles. The lowest BCUT2D eigenvalue weighted by molar-refractivity contribution is 1.000. The van der Waals surface area contributed by atoms with Crippen molar-refractivity contribution in [2.24, 2.45) is 0 Å². The number of hydrogen-bond donors (Lipinski definition) is 1. The third-order valence-electron chi connectivity index (χ3n) is 2.71. The van der Waals surface area contributed by atoms with Gasteiger partial charge >= 0.3 is 0 Å². The maximum atomic E-state index is 4.29. The van der Waals surface area contributed by atoms with Gasteiger partial charge in [-0.1, -0.05) is 0 Å². The van der Waals surface area contributed by atoms with Crippen LogP contribution in [0.3, 0.4) is 0 Å². The molecule has 0 atom stereocenters. The first kappa shape index (κ1) is 10.6. The molecule has 90 valence electrons. The van der Waals surface area contributed by atoms with Gasteiger partial charge in [0, 0.05) is 31.3 Å². The number of aromatic nitrogens is 5. The maximum Gasteiger partial charge on any atom is 0.203 e. The van der Waals surface area contributed by atoms with E-state index in [4.69, 9.17) is 0 Å². The van der Waals surface area contributed by atoms with Gasteiger partial charge in [0.15, 0.2) is 5.82 Å². The molecule has 0 saturated carbocycles. The van der Waals surface area contributed by atoms with Crippen LogP contribution in [0.4, 0.5) is 5.82 Å². The molecule has 0 aromatic carbocycles. The molecule has 6 nitrogen and oxygen atoms in total. The van der Waals surface area contributed by atoms with Gasteiger partial charge in [-0.05, 0) is 24.6 Å². The molecule has 0 spiro atoms. The molecule has 0 unspecified atom stereocenters. The van der Waals surface area contributed by atoms with E-state index < -0.39 is 0 Å². The summed E-state index contributed by atoms with van der Waals surface area (Å²) in [5, 5.41) is 11.4. The second-order valence-electron chi connectivity index (χ2n) is 3.93. The fourth-order valence-corrected chi connectivity index (χ4v) is 1.75. The van der Waals surface area contributed by atoms with Gasteiger partial charge in [0.2, 0.25) is 5.65 Å². The van der Waals surface area contributed by atoms with E-state index in [1.807, 2.05) is 29.7 Å². The summed E-state index contributed by atoms with van der Waals surface area (Å²) >= 11 is 0. The van der Waals surface area contributed by atoms with Crippen molar-refractivity contribution in [1.29, 1.82) is 0 Å². The van der Waals surface area contributed by atoms with Gasteiger partial charge in [0.1, 0.15) is 5.82 Å². The zero-order valence-electron chi connectivity index (χ0n) is 9.91. The Morgan fingerprint density at radius 2 is 2.00 bits per heavy atom. The minimum absolute atomic E-state index is 0.682. The van der Waals surface area contributed by atoms with Crippen molar-refractivity contribution in [3.63, 3.8) is 0 Å². The van der Waals surface area contributed by atoms with E-state index in [9.17, 15) is 0 Å². The monoisotopic (exact) mass is 240 g/mol. The normalized spacial score (nSPS) is 10.7. The number of nitrogens with zero attached hydrogens (tertiary/aromatic N) is 5. The Hall–Kier alpha value is -2.50. The van der Waals surface area contributed by atoms with E-state index in [0.717, 1.165) is 22.9 Å². The summed E-state index contributed by atoms with van der Waals surface area (Å²) < 4.78 is 1.90. The molecular weight excluding hydrogens is 228 g/mol. The lowest BCUT2D eigenvalue weighted by atomic mass is 10.3. The number of hydrogen-bond acceptors (Lipinski definition) is 5. The average Bonchev–Trinajstić information content (AvgIpc) is 2.80. The highest BCUT2D eigenvalue weighted by atomic mass is 15.3. The minimum Gasteiger partial charge on any atom is -0.363 e. The highest BCUT2D eigenvalue weighted by Gasteiger charge is 2.06. The molecule has 6 heteroatoms. The first-order valence-electron chi connectivity index (χ1n) is 5.64. The van der Waals surface area contributed by atoms with Crippen LogP contribution in [-0.2, 0) is 6.54 Å². The van der Waals surface area contributed by atoms with Gasteiger partial charge in [-0.25, -0.2) is 4.98 Å². The topological polar surface area (TPSA) is 68.0 Å². The van der Waals surface area contributed by atoms with Crippen LogP contribution in [0, 0.1) is 6.92 Å². The molecule has 3 aromatic rings. The van der Waals surface area contributed by atoms with Crippen molar-refractivity contribution in [2.45, 2.75) is 13.5 Å². The largest absolute Gasteiger partial charge is 0.363 e. The van der Waals surface area contributed by atoms with Crippen LogP contribution >= 0.6 is 0 Å². The van der Waals surface area contributed by atoms with Crippen LogP contribution in [0.15, 0.2) is 36.9 Å². The van der Waals surface area contributed by atoms with Crippen LogP contribution in [0.25, 0.3) is 5.65 Å². The Balaban J connectivity index is 1.87. The number of nitrogens with one attached hydrogen (secondary N) is 1. The van der Waals surface area contributed by atoms with Gasteiger partial charge in [-0.3, -0.25) is 9.38 Å². The quantitative estimate of drug-likeness (QED) is 0.750. The molecule has 0 aliphatic carbocycles. The fraction of sp³-hybridized carbons (Fsp3) is 0.167. The Morgan fingerprint density at radius 1 is 1.17 bits per heavy atom. The zero-order valence-corrected chi connectivity index (χ0v) is 9.91. The summed E-state index contributed by atoms with van der Waals surface area (Å²) in [5.74, 6) is 1.58. The first-order chi connectivity index (χ1) is 8.84. The molecular formula is C12H12N6. The van der Waals surface area contributed by atoms with Crippen LogP contribution in [0.2, 0.25) is 0 Å². The number of anilines is 1.